The summed E-state index contributed by atoms with van der Waals surface area (Å²) < 4.78 is 5.53. The minimum absolute atomic E-state index is 0.0327. The van der Waals surface area contributed by atoms with Gasteiger partial charge in [-0.15, -0.1) is 0 Å². The van der Waals surface area contributed by atoms with E-state index in [1.54, 1.807) is 6.20 Å². The first-order valence-corrected chi connectivity index (χ1v) is 11.2. The fourth-order valence-corrected chi connectivity index (χ4v) is 4.58. The third kappa shape index (κ3) is 4.25. The lowest BCUT2D eigenvalue weighted by Gasteiger charge is -2.14. The summed E-state index contributed by atoms with van der Waals surface area (Å²) in [4.78, 5) is 23.2. The number of H-pyrrole nitrogens is 1. The van der Waals surface area contributed by atoms with Crippen molar-refractivity contribution in [3.05, 3.63) is 81.9 Å². The molecular formula is C25H18Cl2N4O2. The molecule has 0 bridgehead atoms. The molecule has 1 aliphatic rings. The Morgan fingerprint density at radius 2 is 1.76 bits per heavy atom. The van der Waals surface area contributed by atoms with Crippen LogP contribution < -0.4 is 5.32 Å². The highest BCUT2D eigenvalue weighted by molar-refractivity contribution is 6.36. The van der Waals surface area contributed by atoms with Crippen LogP contribution in [0.25, 0.3) is 22.2 Å². The van der Waals surface area contributed by atoms with Gasteiger partial charge in [-0.05, 0) is 33.9 Å². The second kappa shape index (κ2) is 9.14. The van der Waals surface area contributed by atoms with Crippen LogP contribution in [0.2, 0.25) is 10.4 Å². The number of nitrogens with one attached hydrogen (secondary N) is 2. The maximum atomic E-state index is 12.2. The molecule has 1 aliphatic carbocycles. The molecule has 0 aliphatic heterocycles. The van der Waals surface area contributed by atoms with Crippen LogP contribution in [0.5, 0.6) is 0 Å². The number of benzene rings is 2. The highest BCUT2D eigenvalue weighted by Crippen LogP contribution is 2.44. The van der Waals surface area contributed by atoms with Gasteiger partial charge in [0.05, 0.1) is 10.9 Å². The van der Waals surface area contributed by atoms with Gasteiger partial charge in [-0.25, -0.2) is 9.78 Å². The van der Waals surface area contributed by atoms with Gasteiger partial charge in [-0.1, -0.05) is 72.0 Å². The van der Waals surface area contributed by atoms with E-state index in [0.717, 1.165) is 0 Å². The summed E-state index contributed by atoms with van der Waals surface area (Å²) in [6.07, 6.45) is 1.69. The van der Waals surface area contributed by atoms with E-state index < -0.39 is 6.09 Å². The second-order valence-corrected chi connectivity index (χ2v) is 8.21. The van der Waals surface area contributed by atoms with Crippen molar-refractivity contribution >= 4 is 40.3 Å². The minimum atomic E-state index is -0.461. The van der Waals surface area contributed by atoms with E-state index in [1.165, 1.54) is 22.3 Å². The van der Waals surface area contributed by atoms with Crippen LogP contribution in [0.4, 0.5) is 4.79 Å². The van der Waals surface area contributed by atoms with Crippen molar-refractivity contribution in [1.29, 1.82) is 0 Å². The number of alkyl carbamates (subject to hydrolysis) is 1. The predicted octanol–water partition coefficient (Wildman–Crippen LogP) is 5.55. The van der Waals surface area contributed by atoms with Crippen LogP contribution in [0.15, 0.2) is 54.7 Å². The fourth-order valence-electron chi connectivity index (χ4n) is 4.10. The fraction of sp³-hybridized carbons (Fsp3) is 0.160. The highest BCUT2D eigenvalue weighted by atomic mass is 35.5. The summed E-state index contributed by atoms with van der Waals surface area (Å²) in [5.74, 6) is 6.07. The number of rotatable bonds is 4. The number of aromatic amines is 1. The monoisotopic (exact) mass is 476 g/mol. The van der Waals surface area contributed by atoms with Gasteiger partial charge in [0.2, 0.25) is 5.28 Å². The molecule has 2 aromatic heterocycles. The smallest absolute Gasteiger partial charge is 0.407 e. The van der Waals surface area contributed by atoms with Gasteiger partial charge in [-0.2, -0.15) is 4.98 Å². The largest absolute Gasteiger partial charge is 0.449 e. The molecule has 2 heterocycles. The average Bonchev–Trinajstić information content (AvgIpc) is 3.36. The summed E-state index contributed by atoms with van der Waals surface area (Å²) in [6, 6.07) is 16.5. The number of hydrogen-bond acceptors (Lipinski definition) is 4. The molecule has 5 rings (SSSR count). The molecule has 4 aromatic rings. The minimum Gasteiger partial charge on any atom is -0.449 e. The maximum absolute atomic E-state index is 12.2. The quantitative estimate of drug-likeness (QED) is 0.175. The van der Waals surface area contributed by atoms with E-state index in [4.69, 9.17) is 27.9 Å². The lowest BCUT2D eigenvalue weighted by atomic mass is 9.98. The third-order valence-electron chi connectivity index (χ3n) is 5.55. The summed E-state index contributed by atoms with van der Waals surface area (Å²) >= 11 is 12.0. The van der Waals surface area contributed by atoms with Crippen LogP contribution in [-0.4, -0.2) is 34.2 Å². The molecule has 0 saturated heterocycles. The number of aromatic nitrogens is 3. The number of halogens is 2. The number of hydrogen-bond donors (Lipinski definition) is 2. The van der Waals surface area contributed by atoms with Gasteiger partial charge in [0, 0.05) is 25.1 Å². The molecule has 164 valence electrons. The molecule has 8 heteroatoms. The van der Waals surface area contributed by atoms with Crippen molar-refractivity contribution in [2.45, 2.75) is 12.3 Å². The van der Waals surface area contributed by atoms with E-state index in [1.807, 2.05) is 24.3 Å². The Hall–Kier alpha value is -3.53. The predicted molar refractivity (Wildman–Crippen MR) is 128 cm³/mol. The lowest BCUT2D eigenvalue weighted by molar-refractivity contribution is 0.143. The van der Waals surface area contributed by atoms with Crippen LogP contribution >= 0.6 is 23.2 Å². The van der Waals surface area contributed by atoms with E-state index in [0.29, 0.717) is 29.6 Å². The molecular weight excluding hydrogens is 459 g/mol. The zero-order valence-corrected chi connectivity index (χ0v) is 18.9. The third-order valence-corrected chi connectivity index (χ3v) is 5.99. The Labute approximate surface area is 200 Å². The Bertz CT molecular complexity index is 1380. The van der Waals surface area contributed by atoms with E-state index in [-0.39, 0.29) is 23.0 Å². The molecule has 6 nitrogen and oxygen atoms in total. The number of amides is 1. The van der Waals surface area contributed by atoms with Crippen LogP contribution in [0, 0.1) is 11.8 Å². The first-order chi connectivity index (χ1) is 16.1. The molecule has 0 fully saturated rings. The second-order valence-electron chi connectivity index (χ2n) is 7.51. The topological polar surface area (TPSA) is 79.9 Å². The van der Waals surface area contributed by atoms with Crippen molar-refractivity contribution in [2.75, 3.05) is 13.2 Å². The molecule has 33 heavy (non-hydrogen) atoms. The molecule has 2 N–H and O–H groups in total. The average molecular weight is 477 g/mol. The lowest BCUT2D eigenvalue weighted by Crippen LogP contribution is -2.26. The van der Waals surface area contributed by atoms with E-state index in [9.17, 15) is 4.79 Å². The van der Waals surface area contributed by atoms with Gasteiger partial charge in [-0.3, -0.25) is 0 Å². The number of fused-ring (bicyclic) bond motifs is 4. The van der Waals surface area contributed by atoms with Crippen molar-refractivity contribution < 1.29 is 9.53 Å². The number of ether oxygens (including phenoxy) is 1. The van der Waals surface area contributed by atoms with Gasteiger partial charge >= 0.3 is 6.09 Å². The van der Waals surface area contributed by atoms with Crippen molar-refractivity contribution in [1.82, 2.24) is 20.3 Å². The standard InChI is InChI=1S/C25H18Cl2N4O2/c26-22-21-15(13-29-23(21)31-24(27)30-22)7-5-6-12-28-25(32)33-14-20-18-10-3-1-8-16(18)17-9-2-4-11-19(17)20/h1-4,8-11,13,20H,6,12,14H2,(H,28,32)(H,29,30,31). The van der Waals surface area contributed by atoms with Gasteiger partial charge in [0.25, 0.3) is 0 Å². The first-order valence-electron chi connectivity index (χ1n) is 10.4. The Morgan fingerprint density at radius 3 is 2.48 bits per heavy atom. The SMILES string of the molecule is O=C(NCCC#Cc1c[nH]c2nc(Cl)nc(Cl)c12)OCC1c2ccccc2-c2ccccc21. The van der Waals surface area contributed by atoms with E-state index >= 15 is 0 Å². The number of carbonyl (C=O) groups is 1. The summed E-state index contributed by atoms with van der Waals surface area (Å²) in [5, 5.41) is 3.69. The Morgan fingerprint density at radius 1 is 1.06 bits per heavy atom. The number of carbonyl (C=O) groups excluding carboxylic acids is 1. The van der Waals surface area contributed by atoms with Crippen LogP contribution in [0.3, 0.4) is 0 Å². The molecule has 0 radical (unpaired) electrons. The zero-order valence-electron chi connectivity index (χ0n) is 17.4. The molecule has 0 atom stereocenters. The molecule has 2 aromatic carbocycles. The Kier molecular flexibility index (Phi) is 5.91. The van der Waals surface area contributed by atoms with Gasteiger partial charge < -0.3 is 15.0 Å². The number of nitrogens with zero attached hydrogens (tertiary/aromatic N) is 2. The maximum Gasteiger partial charge on any atom is 0.407 e. The van der Waals surface area contributed by atoms with Gasteiger partial charge in [0.15, 0.2) is 0 Å². The summed E-state index contributed by atoms with van der Waals surface area (Å²) in [6.45, 7) is 0.643. The van der Waals surface area contributed by atoms with E-state index in [2.05, 4.69) is 56.4 Å². The molecule has 0 saturated carbocycles. The zero-order chi connectivity index (χ0) is 22.8. The molecule has 0 spiro atoms. The van der Waals surface area contributed by atoms with Gasteiger partial charge in [0.1, 0.15) is 17.4 Å². The molecule has 0 unspecified atom stereocenters. The highest BCUT2D eigenvalue weighted by Gasteiger charge is 2.28. The summed E-state index contributed by atoms with van der Waals surface area (Å²) in [7, 11) is 0. The van der Waals surface area contributed by atoms with Crippen LogP contribution in [-0.2, 0) is 4.74 Å². The normalized spacial score (nSPS) is 12.1. The van der Waals surface area contributed by atoms with Crippen molar-refractivity contribution in [3.8, 4) is 23.0 Å². The first kappa shape index (κ1) is 21.3. The summed E-state index contributed by atoms with van der Waals surface area (Å²) in [5.41, 5.74) is 5.96. The Balaban J connectivity index is 1.16. The van der Waals surface area contributed by atoms with Crippen LogP contribution in [0.1, 0.15) is 29.0 Å². The van der Waals surface area contributed by atoms with Crippen molar-refractivity contribution in [3.63, 3.8) is 0 Å². The van der Waals surface area contributed by atoms with Crippen molar-refractivity contribution in [2.24, 2.45) is 0 Å². The molecule has 1 amide bonds.